The van der Waals surface area contributed by atoms with Gasteiger partial charge in [-0.25, -0.2) is 0 Å². The molecular formula is C11H13NO3. The Hall–Kier alpha value is -1.45. The maximum atomic E-state index is 11.0. The Kier molecular flexibility index (Phi) is 2.42. The number of hydrogen-bond acceptors (Lipinski definition) is 3. The minimum absolute atomic E-state index is 0.0757. The first-order valence-corrected chi connectivity index (χ1v) is 5.20. The minimum Gasteiger partial charge on any atom is -0.290 e. The molecule has 1 unspecified atom stereocenters. The van der Waals surface area contributed by atoms with E-state index in [9.17, 15) is 14.9 Å². The van der Waals surface area contributed by atoms with Gasteiger partial charge in [0.1, 0.15) is 0 Å². The predicted molar refractivity (Wildman–Crippen MR) is 55.0 cm³/mol. The number of allylic oxidation sites excluding steroid dienone is 2. The average Bonchev–Trinajstić information content (AvgIpc) is 2.23. The second-order valence-corrected chi connectivity index (χ2v) is 4.23. The van der Waals surface area contributed by atoms with E-state index in [-0.39, 0.29) is 10.7 Å². The summed E-state index contributed by atoms with van der Waals surface area (Å²) in [5.74, 6) is -0.0757. The van der Waals surface area contributed by atoms with Crippen LogP contribution < -0.4 is 0 Å². The average molecular weight is 207 g/mol. The van der Waals surface area contributed by atoms with Crippen LogP contribution in [-0.2, 0) is 4.79 Å². The van der Waals surface area contributed by atoms with E-state index in [1.165, 1.54) is 12.2 Å². The van der Waals surface area contributed by atoms with Crippen LogP contribution >= 0.6 is 0 Å². The molecule has 0 bridgehead atoms. The van der Waals surface area contributed by atoms with Crippen LogP contribution in [0.15, 0.2) is 24.3 Å². The molecule has 0 amide bonds. The molecule has 0 saturated heterocycles. The van der Waals surface area contributed by atoms with E-state index >= 15 is 0 Å². The first kappa shape index (κ1) is 10.1. The van der Waals surface area contributed by atoms with Gasteiger partial charge in [-0.3, -0.25) is 14.9 Å². The molecule has 0 aliphatic heterocycles. The van der Waals surface area contributed by atoms with Crippen molar-refractivity contribution in [2.45, 2.75) is 31.7 Å². The van der Waals surface area contributed by atoms with Gasteiger partial charge >= 0.3 is 0 Å². The molecule has 15 heavy (non-hydrogen) atoms. The van der Waals surface area contributed by atoms with Crippen LogP contribution in [0.5, 0.6) is 0 Å². The molecule has 2 rings (SSSR count). The number of nitrogens with zero attached hydrogens (tertiary/aromatic N) is 1. The molecule has 1 spiro atoms. The molecule has 1 fully saturated rings. The molecule has 0 aromatic heterocycles. The zero-order chi connectivity index (χ0) is 10.9. The third kappa shape index (κ3) is 1.71. The fourth-order valence-electron chi connectivity index (χ4n) is 2.48. The summed E-state index contributed by atoms with van der Waals surface area (Å²) in [5.41, 5.74) is -0.504. The molecular weight excluding hydrogens is 194 g/mol. The lowest BCUT2D eigenvalue weighted by molar-refractivity contribution is -0.539. The van der Waals surface area contributed by atoms with Crippen molar-refractivity contribution >= 4 is 5.78 Å². The van der Waals surface area contributed by atoms with E-state index in [0.29, 0.717) is 6.42 Å². The summed E-state index contributed by atoms with van der Waals surface area (Å²) in [7, 11) is 0. The van der Waals surface area contributed by atoms with E-state index < -0.39 is 11.5 Å². The van der Waals surface area contributed by atoms with E-state index in [1.54, 1.807) is 12.2 Å². The van der Waals surface area contributed by atoms with Crippen molar-refractivity contribution in [2.75, 3.05) is 0 Å². The molecule has 4 heteroatoms. The van der Waals surface area contributed by atoms with Crippen molar-refractivity contribution in [1.29, 1.82) is 0 Å². The van der Waals surface area contributed by atoms with Gasteiger partial charge in [-0.1, -0.05) is 18.6 Å². The van der Waals surface area contributed by atoms with Gasteiger partial charge in [-0.05, 0) is 25.0 Å². The first-order valence-electron chi connectivity index (χ1n) is 5.20. The van der Waals surface area contributed by atoms with Crippen LogP contribution in [0.25, 0.3) is 0 Å². The summed E-state index contributed by atoms with van der Waals surface area (Å²) in [6.07, 6.45) is 9.65. The third-order valence-electron chi connectivity index (χ3n) is 3.33. The van der Waals surface area contributed by atoms with Gasteiger partial charge < -0.3 is 0 Å². The molecule has 80 valence electrons. The van der Waals surface area contributed by atoms with Crippen LogP contribution in [-0.4, -0.2) is 16.7 Å². The van der Waals surface area contributed by atoms with E-state index in [0.717, 1.165) is 19.3 Å². The Balaban J connectivity index is 2.31. The SMILES string of the molecule is O=C1C=CC2(C=C1)CCCCC2[N+](=O)[O-]. The van der Waals surface area contributed by atoms with Crippen LogP contribution in [0.4, 0.5) is 0 Å². The number of ketones is 1. The van der Waals surface area contributed by atoms with Crippen molar-refractivity contribution in [3.8, 4) is 0 Å². The van der Waals surface area contributed by atoms with E-state index in [4.69, 9.17) is 0 Å². The highest BCUT2D eigenvalue weighted by molar-refractivity contribution is 6.00. The van der Waals surface area contributed by atoms with Gasteiger partial charge in [0.15, 0.2) is 5.78 Å². The fraction of sp³-hybridized carbons (Fsp3) is 0.545. The minimum atomic E-state index is -0.563. The second-order valence-electron chi connectivity index (χ2n) is 4.23. The molecule has 0 aromatic carbocycles. The largest absolute Gasteiger partial charge is 0.290 e. The predicted octanol–water partition coefficient (Wildman–Crippen LogP) is 1.89. The summed E-state index contributed by atoms with van der Waals surface area (Å²) < 4.78 is 0. The summed E-state index contributed by atoms with van der Waals surface area (Å²) in [5, 5.41) is 11.0. The van der Waals surface area contributed by atoms with Crippen molar-refractivity contribution in [1.82, 2.24) is 0 Å². The van der Waals surface area contributed by atoms with Gasteiger partial charge in [0.25, 0.3) is 0 Å². The molecule has 0 heterocycles. The zero-order valence-electron chi connectivity index (χ0n) is 8.39. The lowest BCUT2D eigenvalue weighted by Crippen LogP contribution is -2.41. The van der Waals surface area contributed by atoms with Gasteiger partial charge in [-0.15, -0.1) is 0 Å². The van der Waals surface area contributed by atoms with Crippen molar-refractivity contribution < 1.29 is 9.72 Å². The Morgan fingerprint density at radius 2 is 2.00 bits per heavy atom. The maximum Gasteiger partial charge on any atom is 0.225 e. The van der Waals surface area contributed by atoms with Crippen LogP contribution in [0, 0.1) is 15.5 Å². The summed E-state index contributed by atoms with van der Waals surface area (Å²) in [6, 6.07) is -0.563. The van der Waals surface area contributed by atoms with E-state index in [2.05, 4.69) is 0 Å². The monoisotopic (exact) mass is 207 g/mol. The number of carbonyl (C=O) groups excluding carboxylic acids is 1. The number of hydrogen-bond donors (Lipinski definition) is 0. The molecule has 0 N–H and O–H groups in total. The standard InChI is InChI=1S/C11H13NO3/c13-9-4-7-11(8-5-9)6-2-1-3-10(11)12(14)15/h4-5,7-8,10H,1-3,6H2. The van der Waals surface area contributed by atoms with Crippen LogP contribution in [0.2, 0.25) is 0 Å². The van der Waals surface area contributed by atoms with Gasteiger partial charge in [0.2, 0.25) is 6.04 Å². The third-order valence-corrected chi connectivity index (χ3v) is 3.33. The highest BCUT2D eigenvalue weighted by Crippen LogP contribution is 2.41. The molecule has 1 atom stereocenters. The molecule has 0 radical (unpaired) electrons. The van der Waals surface area contributed by atoms with Crippen molar-refractivity contribution in [2.24, 2.45) is 5.41 Å². The first-order chi connectivity index (χ1) is 7.14. The number of carbonyl (C=O) groups is 1. The number of nitro groups is 1. The smallest absolute Gasteiger partial charge is 0.225 e. The van der Waals surface area contributed by atoms with E-state index in [1.807, 2.05) is 0 Å². The normalized spacial score (nSPS) is 28.3. The Morgan fingerprint density at radius 3 is 2.60 bits per heavy atom. The summed E-state index contributed by atoms with van der Waals surface area (Å²) in [6.45, 7) is 0. The summed E-state index contributed by atoms with van der Waals surface area (Å²) >= 11 is 0. The highest BCUT2D eigenvalue weighted by Gasteiger charge is 2.45. The lowest BCUT2D eigenvalue weighted by atomic mass is 9.68. The Labute approximate surface area is 87.8 Å². The lowest BCUT2D eigenvalue weighted by Gasteiger charge is -2.35. The van der Waals surface area contributed by atoms with Gasteiger partial charge in [0.05, 0.1) is 5.41 Å². The second kappa shape index (κ2) is 3.61. The molecule has 1 saturated carbocycles. The van der Waals surface area contributed by atoms with Crippen LogP contribution in [0.3, 0.4) is 0 Å². The molecule has 2 aliphatic carbocycles. The highest BCUT2D eigenvalue weighted by atomic mass is 16.6. The van der Waals surface area contributed by atoms with Crippen molar-refractivity contribution in [3.63, 3.8) is 0 Å². The maximum absolute atomic E-state index is 11.0. The van der Waals surface area contributed by atoms with Gasteiger partial charge in [-0.2, -0.15) is 0 Å². The zero-order valence-corrected chi connectivity index (χ0v) is 8.39. The topological polar surface area (TPSA) is 60.2 Å². The summed E-state index contributed by atoms with van der Waals surface area (Å²) in [4.78, 5) is 21.8. The molecule has 4 nitrogen and oxygen atoms in total. The molecule has 2 aliphatic rings. The Morgan fingerprint density at radius 1 is 1.33 bits per heavy atom. The van der Waals surface area contributed by atoms with Crippen LogP contribution in [0.1, 0.15) is 25.7 Å². The molecule has 0 aromatic rings. The Bertz CT molecular complexity index is 341. The quantitative estimate of drug-likeness (QED) is 0.487. The number of rotatable bonds is 1. The van der Waals surface area contributed by atoms with Crippen molar-refractivity contribution in [3.05, 3.63) is 34.4 Å². The fourth-order valence-corrected chi connectivity index (χ4v) is 2.48. The van der Waals surface area contributed by atoms with Gasteiger partial charge in [0, 0.05) is 11.3 Å².